The molecule has 4 rings (SSSR count). The molecular formula is C28H29ClF3N3O3. The lowest BCUT2D eigenvalue weighted by Crippen LogP contribution is -2.39. The molecule has 1 atom stereocenters. The Morgan fingerprint density at radius 2 is 1.71 bits per heavy atom. The van der Waals surface area contributed by atoms with E-state index in [-0.39, 0.29) is 30.8 Å². The fraction of sp³-hybridized carbons (Fsp3) is 0.429. The number of rotatable bonds is 10. The first kappa shape index (κ1) is 27.8. The smallest absolute Gasteiger partial charge is 0.400 e. The summed E-state index contributed by atoms with van der Waals surface area (Å²) in [4.78, 5) is 25.6. The molecule has 1 heterocycles. The van der Waals surface area contributed by atoms with Gasteiger partial charge in [0.05, 0.1) is 18.2 Å². The van der Waals surface area contributed by atoms with Crippen molar-refractivity contribution in [2.75, 3.05) is 7.11 Å². The fourth-order valence-corrected chi connectivity index (χ4v) is 4.09. The van der Waals surface area contributed by atoms with Crippen LogP contribution in [0.15, 0.2) is 42.5 Å². The van der Waals surface area contributed by atoms with Gasteiger partial charge in [0.2, 0.25) is 0 Å². The summed E-state index contributed by atoms with van der Waals surface area (Å²) < 4.78 is 51.0. The molecule has 1 fully saturated rings. The summed E-state index contributed by atoms with van der Waals surface area (Å²) in [5.74, 6) is 1.08. The van der Waals surface area contributed by atoms with Gasteiger partial charge in [0, 0.05) is 17.5 Å². The van der Waals surface area contributed by atoms with Crippen LogP contribution in [0.1, 0.15) is 45.6 Å². The van der Waals surface area contributed by atoms with Crippen molar-refractivity contribution in [3.8, 4) is 34.5 Å². The summed E-state index contributed by atoms with van der Waals surface area (Å²) in [7, 11) is 1.44. The molecule has 1 saturated carbocycles. The number of benzene rings is 2. The molecule has 6 nitrogen and oxygen atoms in total. The van der Waals surface area contributed by atoms with Gasteiger partial charge in [0.25, 0.3) is 0 Å². The van der Waals surface area contributed by atoms with Gasteiger partial charge in [-0.25, -0.2) is 4.98 Å². The third-order valence-corrected chi connectivity index (χ3v) is 7.17. The zero-order valence-corrected chi connectivity index (χ0v) is 22.4. The van der Waals surface area contributed by atoms with Crippen LogP contribution in [-0.2, 0) is 11.2 Å². The predicted molar refractivity (Wildman–Crippen MR) is 138 cm³/mol. The molecular weight excluding hydrogens is 519 g/mol. The Labute approximate surface area is 224 Å². The molecule has 0 saturated heterocycles. The van der Waals surface area contributed by atoms with E-state index in [2.05, 4.69) is 21.9 Å². The zero-order valence-electron chi connectivity index (χ0n) is 21.6. The van der Waals surface area contributed by atoms with E-state index in [1.807, 2.05) is 24.3 Å². The minimum atomic E-state index is -4.62. The van der Waals surface area contributed by atoms with Crippen molar-refractivity contribution in [1.29, 1.82) is 0 Å². The van der Waals surface area contributed by atoms with Crippen LogP contribution in [0.5, 0.6) is 11.8 Å². The Balaban J connectivity index is 1.57. The largest absolute Gasteiger partial charge is 0.490 e. The third-order valence-electron chi connectivity index (χ3n) is 6.84. The Bertz CT molecular complexity index is 1310. The van der Waals surface area contributed by atoms with Crippen LogP contribution in [0.2, 0.25) is 5.02 Å². The second kappa shape index (κ2) is 10.9. The van der Waals surface area contributed by atoms with Crippen LogP contribution in [0, 0.1) is 11.3 Å². The number of hydrogen-bond acceptors (Lipinski definition) is 6. The first-order valence-electron chi connectivity index (χ1n) is 12.3. The highest BCUT2D eigenvalue weighted by Crippen LogP contribution is 2.39. The number of hydrogen-bond donors (Lipinski definition) is 0. The Morgan fingerprint density at radius 1 is 1.05 bits per heavy atom. The van der Waals surface area contributed by atoms with Gasteiger partial charge < -0.3 is 9.47 Å². The van der Waals surface area contributed by atoms with Gasteiger partial charge in [-0.3, -0.25) is 4.79 Å². The number of nitrogens with zero attached hydrogens (tertiary/aromatic N) is 3. The van der Waals surface area contributed by atoms with Crippen molar-refractivity contribution in [2.45, 2.75) is 58.7 Å². The molecule has 1 aliphatic carbocycles. The maximum Gasteiger partial charge on any atom is 0.400 e. The number of ketones is 1. The molecule has 3 aromatic rings. The first-order valence-corrected chi connectivity index (χ1v) is 12.7. The number of aromatic nitrogens is 3. The zero-order chi connectivity index (χ0) is 27.7. The predicted octanol–water partition coefficient (Wildman–Crippen LogP) is 7.14. The number of Topliss-reactive ketones (excluding diaryl/α,β-unsaturated/α-hetero) is 1. The number of carbonyl (C=O) groups is 1. The highest BCUT2D eigenvalue weighted by atomic mass is 35.5. The SMILES string of the molecule is COc1nc(-c2ccc(O[C@@H](C)C3CC3)cc2)nc(-c2cc(CCC(=O)C(C)(C)C(F)(F)F)ccc2Cl)n1. The molecule has 202 valence electrons. The molecule has 0 amide bonds. The molecule has 1 aromatic heterocycles. The van der Waals surface area contributed by atoms with Crippen LogP contribution in [-0.4, -0.2) is 40.1 Å². The van der Waals surface area contributed by atoms with E-state index in [4.69, 9.17) is 21.1 Å². The molecule has 0 spiro atoms. The molecule has 0 bridgehead atoms. The number of alkyl halides is 3. The van der Waals surface area contributed by atoms with Crippen LogP contribution in [0.25, 0.3) is 22.8 Å². The number of ether oxygens (including phenoxy) is 2. The standard InChI is InChI=1S/C28H29ClF3N3O3/c1-16(18-7-8-18)38-20-11-9-19(10-12-20)24-33-25(35-26(34-24)37-4)21-15-17(5-13-22(21)29)6-14-23(36)27(2,3)28(30,31)32/h5,9-13,15-16,18H,6-8,14H2,1-4H3/t16-/m0/s1. The monoisotopic (exact) mass is 547 g/mol. The summed E-state index contributed by atoms with van der Waals surface area (Å²) in [5, 5.41) is 0.340. The molecule has 1 aliphatic rings. The van der Waals surface area contributed by atoms with Crippen molar-refractivity contribution in [3.05, 3.63) is 53.1 Å². The first-order chi connectivity index (χ1) is 17.9. The van der Waals surface area contributed by atoms with Gasteiger partial charge in [0.15, 0.2) is 11.6 Å². The van der Waals surface area contributed by atoms with E-state index in [9.17, 15) is 18.0 Å². The quantitative estimate of drug-likeness (QED) is 0.269. The summed E-state index contributed by atoms with van der Waals surface area (Å²) >= 11 is 6.45. The summed E-state index contributed by atoms with van der Waals surface area (Å²) in [5.41, 5.74) is -0.629. The van der Waals surface area contributed by atoms with Crippen LogP contribution >= 0.6 is 11.6 Å². The van der Waals surface area contributed by atoms with E-state index < -0.39 is 17.4 Å². The average molecular weight is 548 g/mol. The maximum atomic E-state index is 13.2. The van der Waals surface area contributed by atoms with Gasteiger partial charge >= 0.3 is 12.2 Å². The van der Waals surface area contributed by atoms with Gasteiger partial charge in [-0.2, -0.15) is 23.1 Å². The molecule has 0 radical (unpaired) electrons. The van der Waals surface area contributed by atoms with Crippen molar-refractivity contribution in [1.82, 2.24) is 15.0 Å². The molecule has 0 unspecified atom stereocenters. The number of methoxy groups -OCH3 is 1. The lowest BCUT2D eigenvalue weighted by Gasteiger charge is -2.26. The highest BCUT2D eigenvalue weighted by Gasteiger charge is 2.51. The van der Waals surface area contributed by atoms with Crippen LogP contribution in [0.4, 0.5) is 13.2 Å². The summed E-state index contributed by atoms with van der Waals surface area (Å²) in [6.45, 7) is 3.86. The molecule has 0 N–H and O–H groups in total. The third kappa shape index (κ3) is 6.26. The van der Waals surface area contributed by atoms with E-state index in [0.29, 0.717) is 33.5 Å². The second-order valence-electron chi connectivity index (χ2n) is 10.0. The van der Waals surface area contributed by atoms with Crippen molar-refractivity contribution >= 4 is 17.4 Å². The van der Waals surface area contributed by atoms with E-state index in [0.717, 1.165) is 19.6 Å². The number of carbonyl (C=O) groups excluding carboxylic acids is 1. The fourth-order valence-electron chi connectivity index (χ4n) is 3.88. The van der Waals surface area contributed by atoms with Crippen LogP contribution < -0.4 is 9.47 Å². The molecule has 38 heavy (non-hydrogen) atoms. The van der Waals surface area contributed by atoms with E-state index in [1.165, 1.54) is 20.0 Å². The van der Waals surface area contributed by atoms with Gasteiger partial charge in [0.1, 0.15) is 16.9 Å². The topological polar surface area (TPSA) is 74.2 Å². The maximum absolute atomic E-state index is 13.2. The minimum absolute atomic E-state index is 0.0799. The number of halogens is 4. The Morgan fingerprint density at radius 3 is 2.32 bits per heavy atom. The van der Waals surface area contributed by atoms with Gasteiger partial charge in [-0.1, -0.05) is 17.7 Å². The lowest BCUT2D eigenvalue weighted by molar-refractivity contribution is -0.210. The molecule has 2 aromatic carbocycles. The van der Waals surface area contributed by atoms with Gasteiger partial charge in [-0.05, 0) is 87.9 Å². The molecule has 0 aliphatic heterocycles. The van der Waals surface area contributed by atoms with Crippen molar-refractivity contribution in [2.24, 2.45) is 11.3 Å². The summed E-state index contributed by atoms with van der Waals surface area (Å²) in [6.07, 6.45) is -2.23. The minimum Gasteiger partial charge on any atom is -0.490 e. The van der Waals surface area contributed by atoms with E-state index in [1.54, 1.807) is 18.2 Å². The van der Waals surface area contributed by atoms with Crippen molar-refractivity contribution in [3.63, 3.8) is 0 Å². The van der Waals surface area contributed by atoms with Crippen LogP contribution in [0.3, 0.4) is 0 Å². The van der Waals surface area contributed by atoms with E-state index >= 15 is 0 Å². The average Bonchev–Trinajstić information content (AvgIpc) is 3.73. The summed E-state index contributed by atoms with van der Waals surface area (Å²) in [6, 6.07) is 12.4. The highest BCUT2D eigenvalue weighted by molar-refractivity contribution is 6.33. The van der Waals surface area contributed by atoms with Crippen molar-refractivity contribution < 1.29 is 27.4 Å². The number of aryl methyl sites for hydroxylation is 1. The van der Waals surface area contributed by atoms with Gasteiger partial charge in [-0.15, -0.1) is 0 Å². The Hall–Kier alpha value is -3.20. The second-order valence-corrected chi connectivity index (χ2v) is 10.4. The Kier molecular flexibility index (Phi) is 7.97. The molecule has 10 heteroatoms. The normalized spacial score (nSPS) is 14.7. The lowest BCUT2D eigenvalue weighted by atomic mass is 9.84.